The number of carbonyl (C=O) groups excluding carboxylic acids is 1. The summed E-state index contributed by atoms with van der Waals surface area (Å²) in [5.74, 6) is 0.283. The Balaban J connectivity index is 2.33. The molecular formula is C13H22N2O. The lowest BCUT2D eigenvalue weighted by molar-refractivity contribution is -0.131. The normalized spacial score (nSPS) is 18.1. The van der Waals surface area contributed by atoms with E-state index >= 15 is 0 Å². The summed E-state index contributed by atoms with van der Waals surface area (Å²) in [5, 5.41) is 3.25. The lowest BCUT2D eigenvalue weighted by Gasteiger charge is -2.27. The lowest BCUT2D eigenvalue weighted by Crippen LogP contribution is -2.46. The van der Waals surface area contributed by atoms with Crippen molar-refractivity contribution in [3.05, 3.63) is 23.8 Å². The van der Waals surface area contributed by atoms with Crippen LogP contribution in [0, 0.1) is 0 Å². The molecule has 90 valence electrons. The number of piperazine rings is 1. The summed E-state index contributed by atoms with van der Waals surface area (Å²) in [7, 11) is 0. The predicted octanol–water partition coefficient (Wildman–Crippen LogP) is 1.72. The molecule has 3 nitrogen and oxygen atoms in total. The second-order valence-electron chi connectivity index (χ2n) is 3.99. The monoisotopic (exact) mass is 222 g/mol. The van der Waals surface area contributed by atoms with Gasteiger partial charge >= 0.3 is 0 Å². The van der Waals surface area contributed by atoms with Crippen molar-refractivity contribution in [1.82, 2.24) is 10.2 Å². The Hall–Kier alpha value is -1.09. The summed E-state index contributed by atoms with van der Waals surface area (Å²) in [4.78, 5) is 13.8. The molecule has 1 amide bonds. The molecule has 0 atom stereocenters. The molecule has 0 radical (unpaired) electrons. The summed E-state index contributed by atoms with van der Waals surface area (Å²) >= 11 is 0. The van der Waals surface area contributed by atoms with Crippen LogP contribution in [0.25, 0.3) is 0 Å². The molecule has 1 heterocycles. The molecule has 3 heteroatoms. The van der Waals surface area contributed by atoms with Crippen molar-refractivity contribution in [2.24, 2.45) is 0 Å². The van der Waals surface area contributed by atoms with Gasteiger partial charge in [0.1, 0.15) is 0 Å². The quantitative estimate of drug-likeness (QED) is 0.735. The lowest BCUT2D eigenvalue weighted by atomic mass is 10.1. The predicted molar refractivity (Wildman–Crippen MR) is 67.3 cm³/mol. The summed E-state index contributed by atoms with van der Waals surface area (Å²) in [6.07, 6.45) is 7.65. The first-order valence-electron chi connectivity index (χ1n) is 6.04. The van der Waals surface area contributed by atoms with Gasteiger partial charge in [0.15, 0.2) is 0 Å². The molecule has 16 heavy (non-hydrogen) atoms. The van der Waals surface area contributed by atoms with E-state index in [2.05, 4.69) is 17.5 Å². The summed E-state index contributed by atoms with van der Waals surface area (Å²) in [6, 6.07) is 0. The van der Waals surface area contributed by atoms with Gasteiger partial charge in [-0.3, -0.25) is 4.79 Å². The van der Waals surface area contributed by atoms with Crippen molar-refractivity contribution in [3.8, 4) is 0 Å². The first-order chi connectivity index (χ1) is 7.77. The molecule has 0 spiro atoms. The molecule has 1 aliphatic rings. The summed E-state index contributed by atoms with van der Waals surface area (Å²) in [6.45, 7) is 7.58. The van der Waals surface area contributed by atoms with Crippen LogP contribution in [0.15, 0.2) is 23.8 Å². The van der Waals surface area contributed by atoms with Gasteiger partial charge in [-0.1, -0.05) is 23.8 Å². The van der Waals surface area contributed by atoms with Gasteiger partial charge < -0.3 is 10.2 Å². The highest BCUT2D eigenvalue weighted by Crippen LogP contribution is 2.09. The van der Waals surface area contributed by atoms with Crippen LogP contribution < -0.4 is 5.32 Å². The highest BCUT2D eigenvalue weighted by Gasteiger charge is 2.15. The molecule has 1 rings (SSSR count). The van der Waals surface area contributed by atoms with E-state index in [9.17, 15) is 4.79 Å². The van der Waals surface area contributed by atoms with Gasteiger partial charge in [0.2, 0.25) is 5.91 Å². The van der Waals surface area contributed by atoms with Gasteiger partial charge in [-0.05, 0) is 20.3 Å². The zero-order chi connectivity index (χ0) is 11.8. The van der Waals surface area contributed by atoms with Crippen LogP contribution in [0.1, 0.15) is 26.7 Å². The third kappa shape index (κ3) is 4.19. The maximum atomic E-state index is 11.9. The Bertz CT molecular complexity index is 276. The van der Waals surface area contributed by atoms with E-state index in [1.54, 1.807) is 0 Å². The Labute approximate surface area is 98.2 Å². The minimum Gasteiger partial charge on any atom is -0.340 e. The zero-order valence-corrected chi connectivity index (χ0v) is 10.3. The van der Waals surface area contributed by atoms with Crippen LogP contribution in [0.3, 0.4) is 0 Å². The van der Waals surface area contributed by atoms with Crippen molar-refractivity contribution < 1.29 is 4.79 Å². The van der Waals surface area contributed by atoms with E-state index in [-0.39, 0.29) is 5.91 Å². The van der Waals surface area contributed by atoms with Crippen molar-refractivity contribution >= 4 is 5.91 Å². The van der Waals surface area contributed by atoms with E-state index in [1.165, 1.54) is 5.57 Å². The second-order valence-corrected chi connectivity index (χ2v) is 3.99. The van der Waals surface area contributed by atoms with Crippen LogP contribution in [0.4, 0.5) is 0 Å². The third-order valence-corrected chi connectivity index (χ3v) is 2.85. The van der Waals surface area contributed by atoms with E-state index in [4.69, 9.17) is 0 Å². The largest absolute Gasteiger partial charge is 0.340 e. The fraction of sp³-hybridized carbons (Fsp3) is 0.615. The molecular weight excluding hydrogens is 200 g/mol. The number of nitrogens with one attached hydrogen (secondary N) is 1. The first-order valence-corrected chi connectivity index (χ1v) is 6.04. The topological polar surface area (TPSA) is 32.3 Å². The number of nitrogens with zero attached hydrogens (tertiary/aromatic N) is 1. The van der Waals surface area contributed by atoms with Gasteiger partial charge in [-0.25, -0.2) is 0 Å². The van der Waals surface area contributed by atoms with Crippen molar-refractivity contribution in [3.63, 3.8) is 0 Å². The molecule has 1 fully saturated rings. The maximum Gasteiger partial charge on any atom is 0.222 e. The smallest absolute Gasteiger partial charge is 0.222 e. The average Bonchev–Trinajstić information content (AvgIpc) is 2.35. The van der Waals surface area contributed by atoms with E-state index < -0.39 is 0 Å². The van der Waals surface area contributed by atoms with Crippen LogP contribution in [0.2, 0.25) is 0 Å². The van der Waals surface area contributed by atoms with Gasteiger partial charge in [0.25, 0.3) is 0 Å². The van der Waals surface area contributed by atoms with E-state index in [0.29, 0.717) is 6.42 Å². The fourth-order valence-corrected chi connectivity index (χ4v) is 1.86. The number of allylic oxidation sites excluding steroid dienone is 4. The number of carbonyl (C=O) groups is 1. The third-order valence-electron chi connectivity index (χ3n) is 2.85. The molecule has 1 saturated heterocycles. The number of hydrogen-bond acceptors (Lipinski definition) is 2. The average molecular weight is 222 g/mol. The molecule has 0 unspecified atom stereocenters. The highest BCUT2D eigenvalue weighted by atomic mass is 16.2. The summed E-state index contributed by atoms with van der Waals surface area (Å²) in [5.41, 5.74) is 1.24. The second kappa shape index (κ2) is 7.23. The Morgan fingerprint density at radius 2 is 1.94 bits per heavy atom. The van der Waals surface area contributed by atoms with E-state index in [1.807, 2.05) is 24.8 Å². The molecule has 0 aromatic carbocycles. The van der Waals surface area contributed by atoms with Crippen LogP contribution >= 0.6 is 0 Å². The van der Waals surface area contributed by atoms with Crippen molar-refractivity contribution in [2.75, 3.05) is 26.2 Å². The van der Waals surface area contributed by atoms with Gasteiger partial charge in [-0.15, -0.1) is 0 Å². The van der Waals surface area contributed by atoms with Crippen LogP contribution in [-0.4, -0.2) is 37.0 Å². The number of hydrogen-bond donors (Lipinski definition) is 1. The molecule has 0 aliphatic carbocycles. The standard InChI is InChI=1S/C13H22N2O/c1-3-5-12(4-2)6-7-13(16)15-10-8-14-9-11-15/h3-5,14H,6-11H2,1-2H3/b5-3-,12-4+. The minimum absolute atomic E-state index is 0.283. The molecule has 0 aromatic rings. The molecule has 1 aliphatic heterocycles. The number of amides is 1. The Kier molecular flexibility index (Phi) is 5.86. The summed E-state index contributed by atoms with van der Waals surface area (Å²) < 4.78 is 0. The fourth-order valence-electron chi connectivity index (χ4n) is 1.86. The molecule has 1 N–H and O–H groups in total. The zero-order valence-electron chi connectivity index (χ0n) is 10.3. The number of rotatable bonds is 4. The maximum absolute atomic E-state index is 11.9. The van der Waals surface area contributed by atoms with Crippen LogP contribution in [-0.2, 0) is 4.79 Å². The van der Waals surface area contributed by atoms with Crippen molar-refractivity contribution in [2.45, 2.75) is 26.7 Å². The molecule has 0 saturated carbocycles. The highest BCUT2D eigenvalue weighted by molar-refractivity contribution is 5.76. The minimum atomic E-state index is 0.283. The van der Waals surface area contributed by atoms with Crippen molar-refractivity contribution in [1.29, 1.82) is 0 Å². The Morgan fingerprint density at radius 3 is 2.50 bits per heavy atom. The Morgan fingerprint density at radius 1 is 1.25 bits per heavy atom. The molecule has 0 bridgehead atoms. The first kappa shape index (κ1) is 13.0. The van der Waals surface area contributed by atoms with Gasteiger partial charge in [0.05, 0.1) is 0 Å². The molecule has 0 aromatic heterocycles. The SMILES string of the molecule is C/C=C\C(=C/C)CCC(=O)N1CCNCC1. The van der Waals surface area contributed by atoms with Gasteiger partial charge in [-0.2, -0.15) is 0 Å². The van der Waals surface area contributed by atoms with Gasteiger partial charge in [0, 0.05) is 32.6 Å². The van der Waals surface area contributed by atoms with E-state index in [0.717, 1.165) is 32.6 Å². The van der Waals surface area contributed by atoms with Crippen LogP contribution in [0.5, 0.6) is 0 Å².